The minimum atomic E-state index is 0.684. The first-order valence-electron chi connectivity index (χ1n) is 6.59. The largest absolute Gasteiger partial charge is 0.497 e. The number of rotatable bonds is 3. The predicted octanol–water partition coefficient (Wildman–Crippen LogP) is 2.19. The number of benzene rings is 1. The van der Waals surface area contributed by atoms with Crippen molar-refractivity contribution in [3.8, 4) is 11.5 Å². The molecule has 0 spiro atoms. The second-order valence-electron chi connectivity index (χ2n) is 4.75. The molecular weight excluding hydrogens is 254 g/mol. The Morgan fingerprint density at radius 1 is 1.30 bits per heavy atom. The van der Waals surface area contributed by atoms with Gasteiger partial charge in [0, 0.05) is 11.8 Å². The van der Waals surface area contributed by atoms with Crippen molar-refractivity contribution >= 4 is 5.69 Å². The molecule has 0 N–H and O–H groups in total. The molecule has 20 heavy (non-hydrogen) atoms. The first kappa shape index (κ1) is 12.7. The zero-order valence-electron chi connectivity index (χ0n) is 11.7. The lowest BCUT2D eigenvalue weighted by Crippen LogP contribution is -2.32. The fourth-order valence-electron chi connectivity index (χ4n) is 2.34. The Hall–Kier alpha value is -2.30. The third kappa shape index (κ3) is 2.52. The molecule has 5 heteroatoms. The van der Waals surface area contributed by atoms with Gasteiger partial charge in [0.2, 0.25) is 0 Å². The van der Waals surface area contributed by atoms with Crippen molar-refractivity contribution < 1.29 is 9.47 Å². The normalized spacial score (nSPS) is 13.6. The summed E-state index contributed by atoms with van der Waals surface area (Å²) in [6, 6.07) is 7.88. The topological polar surface area (TPSA) is 47.5 Å². The van der Waals surface area contributed by atoms with Gasteiger partial charge in [-0.3, -0.25) is 0 Å². The van der Waals surface area contributed by atoms with Crippen LogP contribution in [0.25, 0.3) is 0 Å². The molecule has 0 saturated heterocycles. The Morgan fingerprint density at radius 3 is 3.00 bits per heavy atom. The monoisotopic (exact) mass is 271 g/mol. The Morgan fingerprint density at radius 2 is 2.20 bits per heavy atom. The zero-order valence-corrected chi connectivity index (χ0v) is 11.7. The lowest BCUT2D eigenvalue weighted by Gasteiger charge is -2.31. The van der Waals surface area contributed by atoms with Crippen LogP contribution in [-0.4, -0.2) is 30.2 Å². The third-order valence-electron chi connectivity index (χ3n) is 3.34. The van der Waals surface area contributed by atoms with Gasteiger partial charge in [-0.1, -0.05) is 0 Å². The highest BCUT2D eigenvalue weighted by Gasteiger charge is 2.19. The van der Waals surface area contributed by atoms with Crippen LogP contribution in [0.4, 0.5) is 5.69 Å². The number of aromatic nitrogens is 2. The molecule has 0 aliphatic carbocycles. The van der Waals surface area contributed by atoms with Gasteiger partial charge in [-0.2, -0.15) is 0 Å². The Bertz CT molecular complexity index is 616. The summed E-state index contributed by atoms with van der Waals surface area (Å²) in [4.78, 5) is 10.7. The van der Waals surface area contributed by atoms with Crippen molar-refractivity contribution in [1.29, 1.82) is 0 Å². The van der Waals surface area contributed by atoms with E-state index in [1.807, 2.05) is 31.2 Å². The summed E-state index contributed by atoms with van der Waals surface area (Å²) >= 11 is 0. The maximum Gasteiger partial charge on any atom is 0.142 e. The maximum atomic E-state index is 5.68. The van der Waals surface area contributed by atoms with E-state index in [0.717, 1.165) is 41.7 Å². The van der Waals surface area contributed by atoms with Crippen LogP contribution in [0, 0.1) is 6.92 Å². The first-order chi connectivity index (χ1) is 9.76. The van der Waals surface area contributed by atoms with Crippen molar-refractivity contribution in [2.45, 2.75) is 13.5 Å². The fraction of sp³-hybridized carbons (Fsp3) is 0.333. The molecular formula is C15H17N3O2. The highest BCUT2D eigenvalue weighted by Crippen LogP contribution is 2.35. The van der Waals surface area contributed by atoms with Crippen molar-refractivity contribution in [1.82, 2.24) is 9.97 Å². The van der Waals surface area contributed by atoms with E-state index >= 15 is 0 Å². The first-order valence-corrected chi connectivity index (χ1v) is 6.59. The van der Waals surface area contributed by atoms with E-state index in [-0.39, 0.29) is 0 Å². The molecule has 0 atom stereocenters. The number of fused-ring (bicyclic) bond motifs is 1. The molecule has 1 aromatic carbocycles. The summed E-state index contributed by atoms with van der Waals surface area (Å²) in [7, 11) is 1.67. The Labute approximate surface area is 118 Å². The maximum absolute atomic E-state index is 5.68. The fourth-order valence-corrected chi connectivity index (χ4v) is 2.34. The molecule has 0 fully saturated rings. The summed E-state index contributed by atoms with van der Waals surface area (Å²) in [5, 5.41) is 0. The molecule has 1 aliphatic rings. The van der Waals surface area contributed by atoms with E-state index in [1.165, 1.54) is 0 Å². The summed E-state index contributed by atoms with van der Waals surface area (Å²) in [5.41, 5.74) is 3.04. The van der Waals surface area contributed by atoms with Gasteiger partial charge in [-0.25, -0.2) is 9.97 Å². The van der Waals surface area contributed by atoms with Gasteiger partial charge in [0.1, 0.15) is 24.4 Å². The van der Waals surface area contributed by atoms with Crippen molar-refractivity contribution in [3.63, 3.8) is 0 Å². The molecule has 104 valence electrons. The second kappa shape index (κ2) is 5.36. The highest BCUT2D eigenvalue weighted by atomic mass is 16.5. The van der Waals surface area contributed by atoms with Crippen LogP contribution in [0.2, 0.25) is 0 Å². The van der Waals surface area contributed by atoms with Crippen molar-refractivity contribution in [2.24, 2.45) is 0 Å². The molecule has 0 radical (unpaired) electrons. The van der Waals surface area contributed by atoms with Gasteiger partial charge in [-0.15, -0.1) is 0 Å². The predicted molar refractivity (Wildman–Crippen MR) is 76.3 cm³/mol. The van der Waals surface area contributed by atoms with Crippen LogP contribution >= 0.6 is 0 Å². The number of ether oxygens (including phenoxy) is 2. The third-order valence-corrected chi connectivity index (χ3v) is 3.34. The number of nitrogens with zero attached hydrogens (tertiary/aromatic N) is 3. The average Bonchev–Trinajstić information content (AvgIpc) is 2.47. The van der Waals surface area contributed by atoms with E-state index < -0.39 is 0 Å². The van der Waals surface area contributed by atoms with Crippen LogP contribution in [0.1, 0.15) is 11.4 Å². The smallest absolute Gasteiger partial charge is 0.142 e. The van der Waals surface area contributed by atoms with Gasteiger partial charge in [0.15, 0.2) is 0 Å². The molecule has 1 aromatic heterocycles. The lowest BCUT2D eigenvalue weighted by atomic mass is 10.2. The van der Waals surface area contributed by atoms with Crippen molar-refractivity contribution in [3.05, 3.63) is 42.0 Å². The number of anilines is 1. The standard InChI is InChI=1S/C15H17N3O2/c1-11-7-12(17-10-16-11)9-18-5-6-20-15-4-3-13(19-2)8-14(15)18/h3-4,7-8,10H,5-6,9H2,1-2H3. The van der Waals surface area contributed by atoms with Gasteiger partial charge < -0.3 is 14.4 Å². The van der Waals surface area contributed by atoms with Gasteiger partial charge in [-0.05, 0) is 25.1 Å². The molecule has 0 saturated carbocycles. The van der Waals surface area contributed by atoms with E-state index in [0.29, 0.717) is 6.61 Å². The Balaban J connectivity index is 1.89. The molecule has 0 bridgehead atoms. The van der Waals surface area contributed by atoms with Crippen LogP contribution in [0.5, 0.6) is 11.5 Å². The highest BCUT2D eigenvalue weighted by molar-refractivity contribution is 5.62. The minimum absolute atomic E-state index is 0.684. The van der Waals surface area contributed by atoms with Gasteiger partial charge >= 0.3 is 0 Å². The number of hydrogen-bond donors (Lipinski definition) is 0. The summed E-state index contributed by atoms with van der Waals surface area (Å²) < 4.78 is 11.0. The van der Waals surface area contributed by atoms with Crippen LogP contribution in [0.15, 0.2) is 30.6 Å². The summed E-state index contributed by atoms with van der Waals surface area (Å²) in [5.74, 6) is 1.72. The molecule has 2 aromatic rings. The van der Waals surface area contributed by atoms with E-state index in [9.17, 15) is 0 Å². The van der Waals surface area contributed by atoms with Gasteiger partial charge in [0.25, 0.3) is 0 Å². The molecule has 1 aliphatic heterocycles. The average molecular weight is 271 g/mol. The van der Waals surface area contributed by atoms with Crippen molar-refractivity contribution in [2.75, 3.05) is 25.2 Å². The molecule has 2 heterocycles. The number of methoxy groups -OCH3 is 1. The SMILES string of the molecule is COc1ccc2c(c1)N(Cc1cc(C)ncn1)CCO2. The van der Waals surface area contributed by atoms with E-state index in [4.69, 9.17) is 9.47 Å². The Kier molecular flexibility index (Phi) is 3.41. The zero-order chi connectivity index (χ0) is 13.9. The lowest BCUT2D eigenvalue weighted by molar-refractivity contribution is 0.305. The molecule has 0 amide bonds. The van der Waals surface area contributed by atoms with Crippen LogP contribution in [-0.2, 0) is 6.54 Å². The number of hydrogen-bond acceptors (Lipinski definition) is 5. The van der Waals surface area contributed by atoms with E-state index in [1.54, 1.807) is 13.4 Å². The summed E-state index contributed by atoms with van der Waals surface area (Å²) in [6.45, 7) is 4.24. The second-order valence-corrected chi connectivity index (χ2v) is 4.75. The molecule has 5 nitrogen and oxygen atoms in total. The van der Waals surface area contributed by atoms with Crippen LogP contribution < -0.4 is 14.4 Å². The molecule has 0 unspecified atom stereocenters. The minimum Gasteiger partial charge on any atom is -0.497 e. The van der Waals surface area contributed by atoms with Gasteiger partial charge in [0.05, 0.1) is 31.6 Å². The van der Waals surface area contributed by atoms with E-state index in [2.05, 4.69) is 14.9 Å². The quantitative estimate of drug-likeness (QED) is 0.856. The number of aryl methyl sites for hydroxylation is 1. The molecule has 3 rings (SSSR count). The summed E-state index contributed by atoms with van der Waals surface area (Å²) in [6.07, 6.45) is 1.61. The van der Waals surface area contributed by atoms with Crippen LogP contribution in [0.3, 0.4) is 0 Å².